The van der Waals surface area contributed by atoms with Crippen LogP contribution in [0.4, 0.5) is 5.69 Å². The number of aryl methyl sites for hydroxylation is 2. The van der Waals surface area contributed by atoms with E-state index in [4.69, 9.17) is 23.4 Å². The van der Waals surface area contributed by atoms with E-state index in [2.05, 4.69) is 10.2 Å². The molecule has 30 heavy (non-hydrogen) atoms. The van der Waals surface area contributed by atoms with Crippen molar-refractivity contribution in [1.82, 2.24) is 4.90 Å². The lowest BCUT2D eigenvalue weighted by molar-refractivity contribution is -2.00. The number of anilines is 1. The molecule has 1 aromatic rings. The molecule has 0 radical (unpaired) electrons. The number of benzene rings is 1. The Bertz CT molecular complexity index is 687. The fourth-order valence-corrected chi connectivity index (χ4v) is 3.26. The van der Waals surface area contributed by atoms with Crippen molar-refractivity contribution in [3.05, 3.63) is 28.8 Å². The predicted octanol–water partition coefficient (Wildman–Crippen LogP) is -1.07. The van der Waals surface area contributed by atoms with Gasteiger partial charge in [-0.05, 0) is 76.4 Å². The molecule has 1 heterocycles. The van der Waals surface area contributed by atoms with Crippen LogP contribution in [0, 0.1) is 24.1 Å². The van der Waals surface area contributed by atoms with Crippen molar-refractivity contribution in [3.63, 3.8) is 0 Å². The van der Waals surface area contributed by atoms with Gasteiger partial charge >= 0.3 is 5.97 Å². The van der Waals surface area contributed by atoms with E-state index in [9.17, 15) is 9.59 Å². The number of rotatable bonds is 6. The molecule has 1 N–H and O–H groups in total. The number of nitrogens with one attached hydrogen (secondary N) is 1. The molecular weight excluding hydrogens is 416 g/mol. The van der Waals surface area contributed by atoms with Crippen molar-refractivity contribution in [1.29, 1.82) is 0 Å². The highest BCUT2D eigenvalue weighted by Gasteiger charge is 2.24. The van der Waals surface area contributed by atoms with Gasteiger partial charge < -0.3 is 10.1 Å². The zero-order valence-electron chi connectivity index (χ0n) is 17.9. The number of piperidine rings is 1. The molecule has 9 nitrogen and oxygen atoms in total. The molecule has 0 spiro atoms. The number of likely N-dealkylation sites (tertiary alicyclic amines) is 1. The Morgan fingerprint density at radius 2 is 1.60 bits per heavy atom. The molecule has 170 valence electrons. The third-order valence-corrected chi connectivity index (χ3v) is 4.77. The second-order valence-electron chi connectivity index (χ2n) is 7.26. The lowest BCUT2D eigenvalue weighted by atomic mass is 10.0. The van der Waals surface area contributed by atoms with Crippen molar-refractivity contribution in [2.24, 2.45) is 0 Å². The van der Waals surface area contributed by atoms with Gasteiger partial charge in [0.25, 0.3) is 0 Å². The molecule has 0 bridgehead atoms. The van der Waals surface area contributed by atoms with Gasteiger partial charge in [-0.15, -0.1) is 10.2 Å². The Hall–Kier alpha value is -1.75. The third kappa shape index (κ3) is 9.38. The Morgan fingerprint density at radius 1 is 1.10 bits per heavy atom. The molecule has 10 heteroatoms. The summed E-state index contributed by atoms with van der Waals surface area (Å²) in [6, 6.07) is 3.42. The largest absolute Gasteiger partial charge is 0.462 e. The molecule has 0 aromatic heterocycles. The van der Waals surface area contributed by atoms with Crippen LogP contribution >= 0.6 is 0 Å². The van der Waals surface area contributed by atoms with E-state index in [0.29, 0.717) is 12.2 Å². The summed E-state index contributed by atoms with van der Waals surface area (Å²) in [4.78, 5) is 26.9. The summed E-state index contributed by atoms with van der Waals surface area (Å²) in [5.41, 5.74) is 3.08. The van der Waals surface area contributed by atoms with E-state index in [0.717, 1.165) is 49.2 Å². The number of halogens is 1. The van der Waals surface area contributed by atoms with Crippen LogP contribution in [0.15, 0.2) is 12.1 Å². The summed E-state index contributed by atoms with van der Waals surface area (Å²) < 4.78 is 39.2. The first kappa shape index (κ1) is 26.3. The van der Waals surface area contributed by atoms with Crippen molar-refractivity contribution >= 4 is 17.6 Å². The van der Waals surface area contributed by atoms with Gasteiger partial charge in [0.2, 0.25) is 5.91 Å². The SMILES string of the molecule is CCCOC(=O)c1cc(C)c(NC(=O)C(C)N2CCCCC2)c(C)c1.[O-][Cl+3]([O-])([O-])[O-]. The Balaban J connectivity index is 0.000000804. The number of esters is 1. The maximum absolute atomic E-state index is 12.6. The topological polar surface area (TPSA) is 151 Å². The molecular formula is C20H30ClN2O7-. The van der Waals surface area contributed by atoms with Gasteiger partial charge in [-0.3, -0.25) is 9.69 Å². The molecule has 1 aliphatic heterocycles. The molecule has 1 saturated heterocycles. The Morgan fingerprint density at radius 3 is 2.07 bits per heavy atom. The maximum Gasteiger partial charge on any atom is 0.338 e. The average Bonchev–Trinajstić information content (AvgIpc) is 2.67. The summed E-state index contributed by atoms with van der Waals surface area (Å²) in [5.74, 6) is -0.304. The summed E-state index contributed by atoms with van der Waals surface area (Å²) >= 11 is 0. The standard InChI is InChI=1S/C20H30N2O3.ClHO4/c1-5-11-25-20(24)17-12-14(2)18(15(3)13-17)21-19(23)16(4)22-9-7-6-8-10-22;2-1(3,4)5/h12-13,16H,5-11H2,1-4H3,(H,21,23);(H,2,3,4,5)/p-1. The second-order valence-corrected chi connectivity index (χ2v) is 8.02. The highest BCUT2D eigenvalue weighted by Crippen LogP contribution is 2.24. The first-order valence-electron chi connectivity index (χ1n) is 9.89. The highest BCUT2D eigenvalue weighted by atomic mass is 35.7. The molecule has 0 saturated carbocycles. The molecule has 1 aliphatic rings. The average molecular weight is 446 g/mol. The van der Waals surface area contributed by atoms with Crippen molar-refractivity contribution in [2.75, 3.05) is 25.0 Å². The number of carbonyl (C=O) groups excluding carboxylic acids is 2. The Kier molecular flexibility index (Phi) is 10.7. The molecule has 1 fully saturated rings. The van der Waals surface area contributed by atoms with Crippen LogP contribution in [0.3, 0.4) is 0 Å². The van der Waals surface area contributed by atoms with E-state index in [-0.39, 0.29) is 17.9 Å². The predicted molar refractivity (Wildman–Crippen MR) is 100 cm³/mol. The minimum absolute atomic E-state index is 0.00871. The summed E-state index contributed by atoms with van der Waals surface area (Å²) in [6.07, 6.45) is 4.36. The summed E-state index contributed by atoms with van der Waals surface area (Å²) in [7, 11) is -4.94. The number of hydrogen-bond acceptors (Lipinski definition) is 8. The van der Waals surface area contributed by atoms with Gasteiger partial charge in [0.15, 0.2) is 0 Å². The van der Waals surface area contributed by atoms with E-state index in [1.807, 2.05) is 27.7 Å². The molecule has 1 aromatic carbocycles. The van der Waals surface area contributed by atoms with Crippen molar-refractivity contribution < 1.29 is 43.2 Å². The lowest BCUT2D eigenvalue weighted by Gasteiger charge is -2.31. The minimum atomic E-state index is -4.94. The summed E-state index contributed by atoms with van der Waals surface area (Å²) in [5, 5.41) is 3.05. The van der Waals surface area contributed by atoms with Gasteiger partial charge in [-0.25, -0.2) is 23.4 Å². The monoisotopic (exact) mass is 445 g/mol. The smallest absolute Gasteiger partial charge is 0.338 e. The van der Waals surface area contributed by atoms with Crippen LogP contribution in [-0.2, 0) is 9.53 Å². The van der Waals surface area contributed by atoms with E-state index in [1.54, 1.807) is 12.1 Å². The quantitative estimate of drug-likeness (QED) is 0.543. The number of hydrogen-bond donors (Lipinski definition) is 1. The second kappa shape index (κ2) is 12.2. The van der Waals surface area contributed by atoms with Crippen molar-refractivity contribution in [2.45, 2.75) is 59.4 Å². The van der Waals surface area contributed by atoms with Crippen LogP contribution in [0.5, 0.6) is 0 Å². The van der Waals surface area contributed by atoms with Crippen LogP contribution < -0.4 is 24.0 Å². The molecule has 1 amide bonds. The van der Waals surface area contributed by atoms with E-state index < -0.39 is 10.2 Å². The third-order valence-electron chi connectivity index (χ3n) is 4.77. The van der Waals surface area contributed by atoms with Gasteiger partial charge in [0, 0.05) is 5.69 Å². The molecule has 2 rings (SSSR count). The van der Waals surface area contributed by atoms with Crippen LogP contribution in [0.25, 0.3) is 0 Å². The van der Waals surface area contributed by atoms with Gasteiger partial charge in [0.05, 0.1) is 18.2 Å². The van der Waals surface area contributed by atoms with Crippen molar-refractivity contribution in [3.8, 4) is 0 Å². The zero-order valence-corrected chi connectivity index (χ0v) is 18.6. The van der Waals surface area contributed by atoms with Gasteiger partial charge in [-0.2, -0.15) is 0 Å². The summed E-state index contributed by atoms with van der Waals surface area (Å²) in [6.45, 7) is 10.1. The zero-order chi connectivity index (χ0) is 22.9. The van der Waals surface area contributed by atoms with E-state index in [1.165, 1.54) is 6.42 Å². The van der Waals surface area contributed by atoms with Crippen LogP contribution in [-0.4, -0.2) is 42.5 Å². The first-order valence-corrected chi connectivity index (χ1v) is 11.1. The molecule has 1 unspecified atom stereocenters. The fraction of sp³-hybridized carbons (Fsp3) is 0.600. The first-order chi connectivity index (χ1) is 13.9. The normalized spacial score (nSPS) is 15.6. The van der Waals surface area contributed by atoms with Crippen LogP contribution in [0.1, 0.15) is 61.0 Å². The Labute approximate surface area is 179 Å². The number of ether oxygens (including phenoxy) is 1. The number of nitrogens with zero attached hydrogens (tertiary/aromatic N) is 1. The molecule has 0 aliphatic carbocycles. The molecule has 1 atom stereocenters. The van der Waals surface area contributed by atoms with Gasteiger partial charge in [0.1, 0.15) is 0 Å². The highest BCUT2D eigenvalue weighted by molar-refractivity contribution is 5.97. The fourth-order valence-electron chi connectivity index (χ4n) is 3.26. The van der Waals surface area contributed by atoms with Gasteiger partial charge in [-0.1, -0.05) is 13.3 Å². The lowest BCUT2D eigenvalue weighted by Crippen LogP contribution is -2.68. The van der Waals surface area contributed by atoms with Crippen LogP contribution in [0.2, 0.25) is 0 Å². The minimum Gasteiger partial charge on any atom is -0.462 e. The maximum atomic E-state index is 12.6. The number of amides is 1. The number of carbonyl (C=O) groups is 2. The van der Waals surface area contributed by atoms with E-state index >= 15 is 0 Å².